The standard InChI is InChI=1S/C3H4N2O.CH2O2/c1-3-2-6-5-4-3;2-1-3/h2H,1H3;1H,(H,2,3). The van der Waals surface area contributed by atoms with Gasteiger partial charge in [-0.3, -0.25) is 4.79 Å². The van der Waals surface area contributed by atoms with Gasteiger partial charge in [-0.05, 0) is 6.92 Å². The smallest absolute Gasteiger partial charge is 0.290 e. The molecule has 1 heterocycles. The molecule has 0 fully saturated rings. The average molecular weight is 130 g/mol. The number of aromatic nitrogens is 2. The fraction of sp³-hybridized carbons (Fsp3) is 0.250. The van der Waals surface area contributed by atoms with Crippen LogP contribution in [0.25, 0.3) is 0 Å². The lowest BCUT2D eigenvalue weighted by atomic mass is 10.6. The summed E-state index contributed by atoms with van der Waals surface area (Å²) in [5.74, 6) is 0. The minimum atomic E-state index is -0.250. The molecule has 5 nitrogen and oxygen atoms in total. The molecule has 0 aliphatic rings. The number of rotatable bonds is 0. The predicted molar refractivity (Wildman–Crippen MR) is 27.7 cm³/mol. The summed E-state index contributed by atoms with van der Waals surface area (Å²) in [5, 5.41) is 13.6. The summed E-state index contributed by atoms with van der Waals surface area (Å²) in [5.41, 5.74) is 0.815. The van der Waals surface area contributed by atoms with Gasteiger partial charge in [-0.1, -0.05) is 0 Å². The lowest BCUT2D eigenvalue weighted by Gasteiger charge is -1.58. The normalized spacial score (nSPS) is 7.22. The van der Waals surface area contributed by atoms with E-state index in [1.54, 1.807) is 0 Å². The van der Waals surface area contributed by atoms with E-state index in [1.807, 2.05) is 6.92 Å². The molecule has 0 bridgehead atoms. The Labute approximate surface area is 51.3 Å². The molecule has 0 spiro atoms. The van der Waals surface area contributed by atoms with Gasteiger partial charge in [0.2, 0.25) is 0 Å². The lowest BCUT2D eigenvalue weighted by molar-refractivity contribution is -0.122. The molecule has 5 heteroatoms. The fourth-order valence-electron chi connectivity index (χ4n) is 0.211. The molecule has 0 aliphatic heterocycles. The van der Waals surface area contributed by atoms with Crippen LogP contribution in [0.3, 0.4) is 0 Å². The summed E-state index contributed by atoms with van der Waals surface area (Å²) in [4.78, 5) is 8.36. The van der Waals surface area contributed by atoms with Crippen LogP contribution in [-0.4, -0.2) is 21.9 Å². The molecule has 1 aromatic heterocycles. The van der Waals surface area contributed by atoms with E-state index in [-0.39, 0.29) is 6.47 Å². The maximum atomic E-state index is 8.36. The van der Waals surface area contributed by atoms with Crippen LogP contribution in [0.5, 0.6) is 0 Å². The van der Waals surface area contributed by atoms with Crippen LogP contribution in [0.4, 0.5) is 0 Å². The Bertz CT molecular complexity index is 149. The highest BCUT2D eigenvalue weighted by atomic mass is 16.5. The third-order valence-corrected chi connectivity index (χ3v) is 0.469. The van der Waals surface area contributed by atoms with Crippen LogP contribution in [0.15, 0.2) is 10.8 Å². The lowest BCUT2D eigenvalue weighted by Crippen LogP contribution is -1.65. The third kappa shape index (κ3) is 4.46. The molecule has 0 saturated carbocycles. The SMILES string of the molecule is Cc1conn1.O=CO. The molecule has 50 valence electrons. The highest BCUT2D eigenvalue weighted by molar-refractivity contribution is 5.32. The second-order valence-corrected chi connectivity index (χ2v) is 1.15. The summed E-state index contributed by atoms with van der Waals surface area (Å²) < 4.78 is 4.35. The van der Waals surface area contributed by atoms with Gasteiger partial charge < -0.3 is 9.63 Å². The average Bonchev–Trinajstić information content (AvgIpc) is 2.20. The molecule has 0 aromatic carbocycles. The van der Waals surface area contributed by atoms with Gasteiger partial charge in [0.05, 0.1) is 0 Å². The summed E-state index contributed by atoms with van der Waals surface area (Å²) >= 11 is 0. The van der Waals surface area contributed by atoms with E-state index in [9.17, 15) is 0 Å². The second-order valence-electron chi connectivity index (χ2n) is 1.15. The number of carboxylic acid groups (broad SMARTS) is 1. The third-order valence-electron chi connectivity index (χ3n) is 0.469. The van der Waals surface area contributed by atoms with E-state index < -0.39 is 0 Å². The van der Waals surface area contributed by atoms with Gasteiger partial charge in [0.1, 0.15) is 12.0 Å². The number of nitrogens with zero attached hydrogens (tertiary/aromatic N) is 2. The van der Waals surface area contributed by atoms with Crippen LogP contribution in [0.1, 0.15) is 5.69 Å². The van der Waals surface area contributed by atoms with Crippen molar-refractivity contribution in [3.05, 3.63) is 12.0 Å². The van der Waals surface area contributed by atoms with Crippen molar-refractivity contribution in [2.75, 3.05) is 0 Å². The van der Waals surface area contributed by atoms with Crippen LogP contribution < -0.4 is 0 Å². The maximum absolute atomic E-state index is 8.36. The van der Waals surface area contributed by atoms with Crippen molar-refractivity contribution in [3.8, 4) is 0 Å². The first-order valence-electron chi connectivity index (χ1n) is 2.12. The number of hydrogen-bond donors (Lipinski definition) is 1. The number of hydrogen-bond acceptors (Lipinski definition) is 4. The van der Waals surface area contributed by atoms with Crippen molar-refractivity contribution >= 4 is 6.47 Å². The second kappa shape index (κ2) is 4.76. The molecular formula is C4H6N2O3. The molecule has 1 aromatic rings. The topological polar surface area (TPSA) is 76.2 Å². The van der Waals surface area contributed by atoms with Crippen molar-refractivity contribution in [2.45, 2.75) is 6.92 Å². The zero-order chi connectivity index (χ0) is 7.11. The predicted octanol–water partition coefficient (Wildman–Crippen LogP) is 0.0788. The Balaban J connectivity index is 0.000000187. The molecule has 1 N–H and O–H groups in total. The van der Waals surface area contributed by atoms with Crippen molar-refractivity contribution in [1.82, 2.24) is 10.4 Å². The van der Waals surface area contributed by atoms with Crippen molar-refractivity contribution < 1.29 is 14.4 Å². The Hall–Kier alpha value is -1.39. The van der Waals surface area contributed by atoms with Gasteiger partial charge in [0, 0.05) is 5.27 Å². The quantitative estimate of drug-likeness (QED) is 0.503. The number of aryl methyl sites for hydroxylation is 1. The fourth-order valence-corrected chi connectivity index (χ4v) is 0.211. The zero-order valence-electron chi connectivity index (χ0n) is 4.81. The molecule has 0 unspecified atom stereocenters. The van der Waals surface area contributed by atoms with E-state index in [2.05, 4.69) is 14.9 Å². The highest BCUT2D eigenvalue weighted by Crippen LogP contribution is 1.82. The van der Waals surface area contributed by atoms with Crippen LogP contribution in [0.2, 0.25) is 0 Å². The van der Waals surface area contributed by atoms with Crippen molar-refractivity contribution in [3.63, 3.8) is 0 Å². The van der Waals surface area contributed by atoms with Gasteiger partial charge in [-0.2, -0.15) is 0 Å². The Morgan fingerprint density at radius 1 is 1.89 bits per heavy atom. The summed E-state index contributed by atoms with van der Waals surface area (Å²) in [6.07, 6.45) is 1.49. The van der Waals surface area contributed by atoms with Gasteiger partial charge >= 0.3 is 0 Å². The largest absolute Gasteiger partial charge is 0.483 e. The Morgan fingerprint density at radius 3 is 2.56 bits per heavy atom. The number of carbonyl (C=O) groups is 1. The molecule has 0 amide bonds. The van der Waals surface area contributed by atoms with Crippen molar-refractivity contribution in [1.29, 1.82) is 0 Å². The molecule has 0 atom stereocenters. The molecule has 9 heavy (non-hydrogen) atoms. The monoisotopic (exact) mass is 130 g/mol. The van der Waals surface area contributed by atoms with Gasteiger partial charge in [-0.25, -0.2) is 0 Å². The molecule has 0 radical (unpaired) electrons. The summed E-state index contributed by atoms with van der Waals surface area (Å²) in [6.45, 7) is 1.57. The van der Waals surface area contributed by atoms with E-state index in [0.29, 0.717) is 0 Å². The molecular weight excluding hydrogens is 124 g/mol. The van der Waals surface area contributed by atoms with E-state index in [1.165, 1.54) is 6.26 Å². The first kappa shape index (κ1) is 7.61. The summed E-state index contributed by atoms with van der Waals surface area (Å²) in [7, 11) is 0. The maximum Gasteiger partial charge on any atom is 0.290 e. The molecule has 0 saturated heterocycles. The van der Waals surface area contributed by atoms with E-state index in [0.717, 1.165) is 5.69 Å². The van der Waals surface area contributed by atoms with Crippen LogP contribution in [0, 0.1) is 6.92 Å². The molecule has 0 aliphatic carbocycles. The Morgan fingerprint density at radius 2 is 2.44 bits per heavy atom. The summed E-state index contributed by atoms with van der Waals surface area (Å²) in [6, 6.07) is 0. The van der Waals surface area contributed by atoms with Gasteiger partial charge in [-0.15, -0.1) is 5.10 Å². The zero-order valence-corrected chi connectivity index (χ0v) is 4.81. The van der Waals surface area contributed by atoms with E-state index in [4.69, 9.17) is 9.90 Å². The van der Waals surface area contributed by atoms with Crippen LogP contribution >= 0.6 is 0 Å². The van der Waals surface area contributed by atoms with E-state index >= 15 is 0 Å². The minimum absolute atomic E-state index is 0.250. The van der Waals surface area contributed by atoms with Gasteiger partial charge in [0.15, 0.2) is 0 Å². The molecule has 1 rings (SSSR count). The first-order valence-corrected chi connectivity index (χ1v) is 2.12. The van der Waals surface area contributed by atoms with Gasteiger partial charge in [0.25, 0.3) is 6.47 Å². The van der Waals surface area contributed by atoms with Crippen molar-refractivity contribution in [2.24, 2.45) is 0 Å². The first-order chi connectivity index (χ1) is 4.31. The Kier molecular flexibility index (Phi) is 4.03. The minimum Gasteiger partial charge on any atom is -0.483 e. The highest BCUT2D eigenvalue weighted by Gasteiger charge is 1.79. The van der Waals surface area contributed by atoms with Crippen LogP contribution in [-0.2, 0) is 4.79 Å².